The molecule has 0 aliphatic rings. The normalized spacial score (nSPS) is 11.8. The number of benzene rings is 1. The average molecular weight is 280 g/mol. The van der Waals surface area contributed by atoms with Crippen LogP contribution in [0.2, 0.25) is 0 Å². The van der Waals surface area contributed by atoms with E-state index in [-0.39, 0.29) is 5.91 Å². The van der Waals surface area contributed by atoms with E-state index < -0.39 is 11.3 Å². The molecule has 5 heteroatoms. The highest BCUT2D eigenvalue weighted by molar-refractivity contribution is 7.12. The van der Waals surface area contributed by atoms with Gasteiger partial charge in [0.2, 0.25) is 5.24 Å². The molecule has 0 radical (unpaired) electrons. The summed E-state index contributed by atoms with van der Waals surface area (Å²) < 4.78 is 0. The van der Waals surface area contributed by atoms with Crippen molar-refractivity contribution in [2.24, 2.45) is 0 Å². The summed E-state index contributed by atoms with van der Waals surface area (Å²) in [6, 6.07) is 11.6. The minimum Gasteiger partial charge on any atom is -0.336 e. The number of halogens is 1. The Balaban J connectivity index is 2.18. The smallest absolute Gasteiger partial charge is 0.262 e. The van der Waals surface area contributed by atoms with Gasteiger partial charge in [0, 0.05) is 0 Å². The second-order valence-electron chi connectivity index (χ2n) is 3.60. The molecule has 3 nitrogen and oxygen atoms in total. The molecule has 1 aromatic heterocycles. The topological polar surface area (TPSA) is 46.2 Å². The van der Waals surface area contributed by atoms with Crippen molar-refractivity contribution in [2.75, 3.05) is 0 Å². The summed E-state index contributed by atoms with van der Waals surface area (Å²) in [7, 11) is 0. The van der Waals surface area contributed by atoms with Gasteiger partial charge in [-0.25, -0.2) is 0 Å². The van der Waals surface area contributed by atoms with Crippen LogP contribution in [0.4, 0.5) is 0 Å². The molecule has 1 N–H and O–H groups in total. The van der Waals surface area contributed by atoms with E-state index in [2.05, 4.69) is 5.32 Å². The second-order valence-corrected chi connectivity index (χ2v) is 4.92. The molecule has 18 heavy (non-hydrogen) atoms. The van der Waals surface area contributed by atoms with Crippen LogP contribution in [0, 0.1) is 0 Å². The van der Waals surface area contributed by atoms with Gasteiger partial charge < -0.3 is 5.32 Å². The summed E-state index contributed by atoms with van der Waals surface area (Å²) in [5.74, 6) is -0.298. The maximum absolute atomic E-state index is 11.9. The number of amides is 1. The Morgan fingerprint density at radius 2 is 1.83 bits per heavy atom. The molecular formula is C13H10ClNO2S. The number of thiophene rings is 1. The zero-order chi connectivity index (χ0) is 13.0. The van der Waals surface area contributed by atoms with E-state index in [1.165, 1.54) is 11.3 Å². The van der Waals surface area contributed by atoms with Gasteiger partial charge in [-0.2, -0.15) is 0 Å². The maximum atomic E-state index is 11.9. The number of carbonyl (C=O) groups is 2. The molecule has 1 heterocycles. The van der Waals surface area contributed by atoms with Crippen molar-refractivity contribution in [1.29, 1.82) is 0 Å². The molecule has 1 amide bonds. The molecule has 0 aliphatic heterocycles. The second kappa shape index (κ2) is 5.80. The lowest BCUT2D eigenvalue weighted by Crippen LogP contribution is -2.31. The first-order valence-electron chi connectivity index (χ1n) is 5.27. The van der Waals surface area contributed by atoms with Crippen molar-refractivity contribution in [2.45, 2.75) is 6.04 Å². The van der Waals surface area contributed by atoms with Gasteiger partial charge in [-0.3, -0.25) is 9.59 Å². The van der Waals surface area contributed by atoms with Crippen molar-refractivity contribution >= 4 is 34.1 Å². The number of hydrogen-bond acceptors (Lipinski definition) is 3. The quantitative estimate of drug-likeness (QED) is 0.875. The third-order valence-corrected chi connectivity index (χ3v) is 3.47. The summed E-state index contributed by atoms with van der Waals surface area (Å²) in [5, 5.41) is 3.82. The van der Waals surface area contributed by atoms with Crippen LogP contribution < -0.4 is 5.32 Å². The maximum Gasteiger partial charge on any atom is 0.262 e. The van der Waals surface area contributed by atoms with E-state index in [4.69, 9.17) is 11.6 Å². The van der Waals surface area contributed by atoms with Gasteiger partial charge in [-0.05, 0) is 28.6 Å². The van der Waals surface area contributed by atoms with Gasteiger partial charge >= 0.3 is 0 Å². The molecule has 0 saturated heterocycles. The van der Waals surface area contributed by atoms with Crippen LogP contribution in [0.1, 0.15) is 21.3 Å². The minimum atomic E-state index is -0.817. The van der Waals surface area contributed by atoms with Gasteiger partial charge in [-0.1, -0.05) is 36.4 Å². The highest BCUT2D eigenvalue weighted by atomic mass is 35.5. The Morgan fingerprint density at radius 1 is 1.11 bits per heavy atom. The van der Waals surface area contributed by atoms with E-state index >= 15 is 0 Å². The summed E-state index contributed by atoms with van der Waals surface area (Å²) in [4.78, 5) is 23.8. The van der Waals surface area contributed by atoms with E-state index in [1.54, 1.807) is 41.8 Å². The summed E-state index contributed by atoms with van der Waals surface area (Å²) in [6.45, 7) is 0. The minimum absolute atomic E-state index is 0.298. The zero-order valence-corrected chi connectivity index (χ0v) is 10.9. The number of carbonyl (C=O) groups excluding carboxylic acids is 2. The Labute approximate surface area is 113 Å². The summed E-state index contributed by atoms with van der Waals surface area (Å²) >= 11 is 6.85. The first kappa shape index (κ1) is 12.8. The van der Waals surface area contributed by atoms with Crippen LogP contribution >= 0.6 is 22.9 Å². The molecule has 0 saturated carbocycles. The third-order valence-electron chi connectivity index (χ3n) is 2.38. The lowest BCUT2D eigenvalue weighted by atomic mass is 10.1. The third kappa shape index (κ3) is 2.97. The fourth-order valence-corrected chi connectivity index (χ4v) is 2.33. The van der Waals surface area contributed by atoms with Crippen LogP contribution in [0.25, 0.3) is 0 Å². The predicted molar refractivity (Wildman–Crippen MR) is 71.8 cm³/mol. The van der Waals surface area contributed by atoms with Crippen LogP contribution in [0.3, 0.4) is 0 Å². The molecule has 92 valence electrons. The first-order valence-corrected chi connectivity index (χ1v) is 6.53. The molecule has 2 rings (SSSR count). The number of nitrogens with one attached hydrogen (secondary N) is 1. The molecule has 0 spiro atoms. The van der Waals surface area contributed by atoms with Crippen molar-refractivity contribution in [1.82, 2.24) is 5.32 Å². The van der Waals surface area contributed by atoms with Gasteiger partial charge in [0.15, 0.2) is 0 Å². The Kier molecular flexibility index (Phi) is 4.12. The van der Waals surface area contributed by atoms with Crippen LogP contribution in [0.15, 0.2) is 47.8 Å². The van der Waals surface area contributed by atoms with Crippen molar-refractivity contribution in [3.05, 3.63) is 58.3 Å². The van der Waals surface area contributed by atoms with Gasteiger partial charge in [0.25, 0.3) is 5.91 Å². The molecule has 1 unspecified atom stereocenters. The number of hydrogen-bond donors (Lipinski definition) is 1. The lowest BCUT2D eigenvalue weighted by Gasteiger charge is -2.14. The summed E-state index contributed by atoms with van der Waals surface area (Å²) in [6.07, 6.45) is 0. The fourth-order valence-electron chi connectivity index (χ4n) is 1.53. The van der Waals surface area contributed by atoms with Crippen molar-refractivity contribution in [3.8, 4) is 0 Å². The van der Waals surface area contributed by atoms with Crippen molar-refractivity contribution < 1.29 is 9.59 Å². The Bertz CT molecular complexity index is 539. The SMILES string of the molecule is O=C(NC(C(=O)Cl)c1ccccc1)c1cccs1. The highest BCUT2D eigenvalue weighted by Gasteiger charge is 2.21. The van der Waals surface area contributed by atoms with Crippen LogP contribution in [-0.4, -0.2) is 11.1 Å². The van der Waals surface area contributed by atoms with Crippen LogP contribution in [-0.2, 0) is 4.79 Å². The zero-order valence-electron chi connectivity index (χ0n) is 9.30. The van der Waals surface area contributed by atoms with E-state index in [9.17, 15) is 9.59 Å². The van der Waals surface area contributed by atoms with Gasteiger partial charge in [-0.15, -0.1) is 11.3 Å². The Morgan fingerprint density at radius 3 is 2.39 bits per heavy atom. The van der Waals surface area contributed by atoms with E-state index in [1.807, 2.05) is 6.07 Å². The van der Waals surface area contributed by atoms with E-state index in [0.29, 0.717) is 10.4 Å². The van der Waals surface area contributed by atoms with Crippen molar-refractivity contribution in [3.63, 3.8) is 0 Å². The van der Waals surface area contributed by atoms with Crippen LogP contribution in [0.5, 0.6) is 0 Å². The molecule has 1 aromatic carbocycles. The first-order chi connectivity index (χ1) is 8.68. The Hall–Kier alpha value is -1.65. The monoisotopic (exact) mass is 279 g/mol. The molecule has 0 aliphatic carbocycles. The predicted octanol–water partition coefficient (Wildman–Crippen LogP) is 2.98. The van der Waals surface area contributed by atoms with E-state index in [0.717, 1.165) is 0 Å². The molecule has 0 bridgehead atoms. The molecule has 2 aromatic rings. The molecule has 0 fully saturated rings. The fraction of sp³-hybridized carbons (Fsp3) is 0.0769. The average Bonchev–Trinajstić information content (AvgIpc) is 2.90. The summed E-state index contributed by atoms with van der Waals surface area (Å²) in [5.41, 5.74) is 0.669. The highest BCUT2D eigenvalue weighted by Crippen LogP contribution is 2.17. The number of rotatable bonds is 4. The largest absolute Gasteiger partial charge is 0.336 e. The lowest BCUT2D eigenvalue weighted by molar-refractivity contribution is -0.113. The standard InChI is InChI=1S/C13H10ClNO2S/c14-12(16)11(9-5-2-1-3-6-9)15-13(17)10-7-4-8-18-10/h1-8,11H,(H,15,17). The van der Waals surface area contributed by atoms with Gasteiger partial charge in [0.1, 0.15) is 6.04 Å². The molecule has 1 atom stereocenters. The molecular weight excluding hydrogens is 270 g/mol. The van der Waals surface area contributed by atoms with Gasteiger partial charge in [0.05, 0.1) is 4.88 Å².